The van der Waals surface area contributed by atoms with Gasteiger partial charge in [0.15, 0.2) is 5.76 Å². The van der Waals surface area contributed by atoms with E-state index in [1.807, 2.05) is 5.32 Å². The van der Waals surface area contributed by atoms with Crippen LogP contribution in [0.1, 0.15) is 0 Å². The Morgan fingerprint density at radius 1 is 1.38 bits per heavy atom. The van der Waals surface area contributed by atoms with Crippen LogP contribution in [0.5, 0.6) is 11.5 Å². The Balaban J connectivity index is 2.34. The molecular formula is C15H13BrCl2F2N2O4. The number of alkyl halides is 1. The molecular weight excluding hydrogens is 461 g/mol. The Hall–Kier alpha value is -1.55. The van der Waals surface area contributed by atoms with Gasteiger partial charge in [0.1, 0.15) is 21.6 Å². The molecule has 1 unspecified atom stereocenters. The first-order valence-corrected chi connectivity index (χ1v) is 8.53. The summed E-state index contributed by atoms with van der Waals surface area (Å²) in [6.07, 6.45) is 0. The van der Waals surface area contributed by atoms with Gasteiger partial charge in [0.05, 0.1) is 25.2 Å². The molecule has 142 valence electrons. The fraction of sp³-hybridized carbons (Fsp3) is 0.267. The molecule has 26 heavy (non-hydrogen) atoms. The maximum atomic E-state index is 15.0. The van der Waals surface area contributed by atoms with Crippen LogP contribution >= 0.6 is 39.1 Å². The largest absolute Gasteiger partial charge is 0.496 e. The second-order valence-electron chi connectivity index (χ2n) is 4.88. The highest BCUT2D eigenvalue weighted by Gasteiger charge is 2.43. The van der Waals surface area contributed by atoms with E-state index in [0.717, 1.165) is 7.11 Å². The van der Waals surface area contributed by atoms with Crippen molar-refractivity contribution in [2.75, 3.05) is 20.8 Å². The second-order valence-corrected chi connectivity index (χ2v) is 6.49. The minimum atomic E-state index is -2.82. The van der Waals surface area contributed by atoms with Crippen LogP contribution in [-0.4, -0.2) is 32.7 Å². The van der Waals surface area contributed by atoms with Crippen molar-refractivity contribution in [3.63, 3.8) is 0 Å². The van der Waals surface area contributed by atoms with Crippen LogP contribution in [-0.2, 0) is 9.53 Å². The summed E-state index contributed by atoms with van der Waals surface area (Å²) >= 11 is 15.1. The molecule has 2 rings (SSSR count). The average molecular weight is 474 g/mol. The monoisotopic (exact) mass is 472 g/mol. The van der Waals surface area contributed by atoms with Crippen molar-refractivity contribution < 1.29 is 27.8 Å². The number of hydrogen-bond donors (Lipinski definition) is 2. The number of hydrogen-bond acceptors (Lipinski definition) is 6. The number of ether oxygens (including phenoxy) is 3. The Morgan fingerprint density at radius 2 is 2.08 bits per heavy atom. The van der Waals surface area contributed by atoms with Crippen LogP contribution in [0.3, 0.4) is 0 Å². The third-order valence-corrected chi connectivity index (χ3v) is 4.61. The number of esters is 1. The summed E-state index contributed by atoms with van der Waals surface area (Å²) in [5.74, 6) is -4.57. The van der Waals surface area contributed by atoms with E-state index in [2.05, 4.69) is 26.0 Å². The van der Waals surface area contributed by atoms with E-state index in [1.165, 1.54) is 19.2 Å². The van der Waals surface area contributed by atoms with Gasteiger partial charge in [-0.25, -0.2) is 0 Å². The standard InChI is InChI=1S/C15H13BrCl2F2N2O4/c1-24-9-4-3-7(5-8(9)16)26-12-11(17)14(19)22-15(20,13(12)18)21-6-10(23)25-2/h3-5,21-22H,6H2,1-2H3. The van der Waals surface area contributed by atoms with Crippen molar-refractivity contribution >= 4 is 45.1 Å². The zero-order valence-corrected chi connectivity index (χ0v) is 16.6. The van der Waals surface area contributed by atoms with Crippen molar-refractivity contribution in [3.05, 3.63) is 44.4 Å². The summed E-state index contributed by atoms with van der Waals surface area (Å²) in [7, 11) is 2.60. The number of rotatable bonds is 6. The van der Waals surface area contributed by atoms with Gasteiger partial charge in [0.25, 0.3) is 5.92 Å². The fourth-order valence-corrected chi connectivity index (χ4v) is 2.91. The predicted octanol–water partition coefficient (Wildman–Crippen LogP) is 3.65. The molecule has 11 heteroatoms. The number of methoxy groups -OCH3 is 2. The van der Waals surface area contributed by atoms with Crippen molar-refractivity contribution in [1.29, 1.82) is 0 Å². The smallest absolute Gasteiger partial charge is 0.319 e. The van der Waals surface area contributed by atoms with Gasteiger partial charge < -0.3 is 19.5 Å². The number of nitrogens with one attached hydrogen (secondary N) is 2. The number of dihydropyridines is 1. The number of allylic oxidation sites excluding steroid dienone is 1. The molecule has 0 spiro atoms. The zero-order valence-electron chi connectivity index (χ0n) is 13.5. The van der Waals surface area contributed by atoms with Crippen LogP contribution in [0.4, 0.5) is 8.78 Å². The van der Waals surface area contributed by atoms with E-state index < -0.39 is 40.2 Å². The molecule has 2 N–H and O–H groups in total. The Labute approximate surface area is 166 Å². The van der Waals surface area contributed by atoms with Gasteiger partial charge in [-0.05, 0) is 34.1 Å². The summed E-state index contributed by atoms with van der Waals surface area (Å²) in [4.78, 5) is 11.2. The molecule has 0 bridgehead atoms. The van der Waals surface area contributed by atoms with Gasteiger partial charge in [-0.1, -0.05) is 23.2 Å². The van der Waals surface area contributed by atoms with E-state index in [-0.39, 0.29) is 5.75 Å². The molecule has 0 radical (unpaired) electrons. The van der Waals surface area contributed by atoms with Crippen LogP contribution < -0.4 is 20.1 Å². The predicted molar refractivity (Wildman–Crippen MR) is 95.2 cm³/mol. The van der Waals surface area contributed by atoms with Gasteiger partial charge in [0, 0.05) is 0 Å². The maximum Gasteiger partial charge on any atom is 0.319 e. The van der Waals surface area contributed by atoms with Crippen LogP contribution in [0.15, 0.2) is 44.4 Å². The average Bonchev–Trinajstić information content (AvgIpc) is 2.62. The molecule has 6 nitrogen and oxygen atoms in total. The van der Waals surface area contributed by atoms with Gasteiger partial charge in [-0.15, -0.1) is 0 Å². The molecule has 0 amide bonds. The van der Waals surface area contributed by atoms with Gasteiger partial charge in [-0.2, -0.15) is 8.78 Å². The topological polar surface area (TPSA) is 68.8 Å². The Kier molecular flexibility index (Phi) is 6.73. The van der Waals surface area contributed by atoms with Crippen LogP contribution in [0.2, 0.25) is 0 Å². The molecule has 1 heterocycles. The molecule has 0 saturated heterocycles. The first kappa shape index (κ1) is 20.8. The molecule has 1 aliphatic heterocycles. The summed E-state index contributed by atoms with van der Waals surface area (Å²) in [6, 6.07) is 4.57. The highest BCUT2D eigenvalue weighted by Crippen LogP contribution is 2.38. The Morgan fingerprint density at radius 3 is 2.65 bits per heavy atom. The lowest BCUT2D eigenvalue weighted by molar-refractivity contribution is -0.140. The van der Waals surface area contributed by atoms with Crippen molar-refractivity contribution in [2.24, 2.45) is 0 Å². The normalized spacial score (nSPS) is 20.0. The molecule has 1 aliphatic rings. The fourth-order valence-electron chi connectivity index (χ4n) is 1.92. The third-order valence-electron chi connectivity index (χ3n) is 3.22. The minimum absolute atomic E-state index is 0.189. The molecule has 0 saturated carbocycles. The molecule has 0 fully saturated rings. The zero-order chi connectivity index (χ0) is 19.5. The van der Waals surface area contributed by atoms with Crippen molar-refractivity contribution in [2.45, 2.75) is 5.92 Å². The van der Waals surface area contributed by atoms with Gasteiger partial charge >= 0.3 is 5.97 Å². The van der Waals surface area contributed by atoms with E-state index in [1.54, 1.807) is 6.07 Å². The quantitative estimate of drug-likeness (QED) is 0.485. The molecule has 1 atom stereocenters. The van der Waals surface area contributed by atoms with E-state index >= 15 is 0 Å². The van der Waals surface area contributed by atoms with Crippen LogP contribution in [0.25, 0.3) is 0 Å². The first-order valence-electron chi connectivity index (χ1n) is 6.98. The van der Waals surface area contributed by atoms with Crippen molar-refractivity contribution in [1.82, 2.24) is 10.6 Å². The van der Waals surface area contributed by atoms with E-state index in [4.69, 9.17) is 32.7 Å². The molecule has 0 aliphatic carbocycles. The number of benzene rings is 1. The number of carbonyl (C=O) groups is 1. The van der Waals surface area contributed by atoms with E-state index in [9.17, 15) is 13.6 Å². The summed E-state index contributed by atoms with van der Waals surface area (Å²) in [5.41, 5.74) is 0. The summed E-state index contributed by atoms with van der Waals surface area (Å²) in [5, 5.41) is 2.74. The first-order chi connectivity index (χ1) is 12.2. The summed E-state index contributed by atoms with van der Waals surface area (Å²) < 4.78 is 44.5. The van der Waals surface area contributed by atoms with Crippen molar-refractivity contribution in [3.8, 4) is 11.5 Å². The van der Waals surface area contributed by atoms with Crippen LogP contribution in [0, 0.1) is 0 Å². The van der Waals surface area contributed by atoms with E-state index in [0.29, 0.717) is 10.2 Å². The highest BCUT2D eigenvalue weighted by atomic mass is 79.9. The highest BCUT2D eigenvalue weighted by molar-refractivity contribution is 9.10. The Bertz CT molecular complexity index is 791. The van der Waals surface area contributed by atoms with Gasteiger partial charge in [0.2, 0.25) is 5.95 Å². The molecule has 0 aromatic heterocycles. The lowest BCUT2D eigenvalue weighted by Crippen LogP contribution is -2.56. The SMILES string of the molecule is COC(=O)CNC1(F)NC(F)=C(Cl)C(Oc2ccc(OC)c(Br)c2)=C1Cl. The summed E-state index contributed by atoms with van der Waals surface area (Å²) in [6.45, 7) is -0.581. The molecule has 1 aromatic carbocycles. The third kappa shape index (κ3) is 4.40. The van der Waals surface area contributed by atoms with Gasteiger partial charge in [-0.3, -0.25) is 10.1 Å². The maximum absolute atomic E-state index is 15.0. The second kappa shape index (κ2) is 8.43. The minimum Gasteiger partial charge on any atom is -0.496 e. The lowest BCUT2D eigenvalue weighted by Gasteiger charge is -2.31. The number of halogens is 5. The lowest BCUT2D eigenvalue weighted by atomic mass is 10.2. The number of carbonyl (C=O) groups excluding carboxylic acids is 1. The molecule has 1 aromatic rings.